The van der Waals surface area contributed by atoms with Crippen LogP contribution in [0.4, 0.5) is 0 Å². The molecule has 1 atom stereocenters. The average Bonchev–Trinajstić information content (AvgIpc) is 2.76. The van der Waals surface area contributed by atoms with Gasteiger partial charge in [0.15, 0.2) is 0 Å². The molecule has 17 heavy (non-hydrogen) atoms. The second-order valence-corrected chi connectivity index (χ2v) is 4.96. The van der Waals surface area contributed by atoms with Crippen LogP contribution >= 0.6 is 0 Å². The van der Waals surface area contributed by atoms with E-state index in [-0.39, 0.29) is 0 Å². The lowest BCUT2D eigenvalue weighted by Crippen LogP contribution is -2.24. The van der Waals surface area contributed by atoms with Crippen molar-refractivity contribution in [3.05, 3.63) is 36.0 Å². The van der Waals surface area contributed by atoms with Gasteiger partial charge in [0.25, 0.3) is 0 Å². The summed E-state index contributed by atoms with van der Waals surface area (Å²) in [5.41, 5.74) is 2.69. The summed E-state index contributed by atoms with van der Waals surface area (Å²) in [7, 11) is 0. The molecule has 0 saturated carbocycles. The molecule has 2 heterocycles. The molecule has 1 aromatic heterocycles. The van der Waals surface area contributed by atoms with Crippen molar-refractivity contribution in [2.24, 2.45) is 0 Å². The summed E-state index contributed by atoms with van der Waals surface area (Å²) in [5, 5.41) is 1.36. The normalized spacial score (nSPS) is 20.9. The maximum atomic E-state index is 5.81. The lowest BCUT2D eigenvalue weighted by Gasteiger charge is -2.23. The van der Waals surface area contributed by atoms with Crippen LogP contribution in [0.3, 0.4) is 0 Å². The highest BCUT2D eigenvalue weighted by atomic mass is 16.5. The van der Waals surface area contributed by atoms with Crippen molar-refractivity contribution >= 4 is 10.9 Å². The second kappa shape index (κ2) is 4.53. The number of aryl methyl sites for hydroxylation is 1. The Hall–Kier alpha value is -1.28. The van der Waals surface area contributed by atoms with Gasteiger partial charge < -0.3 is 9.30 Å². The fourth-order valence-electron chi connectivity index (χ4n) is 2.71. The summed E-state index contributed by atoms with van der Waals surface area (Å²) >= 11 is 0. The Morgan fingerprint density at radius 3 is 3.06 bits per heavy atom. The highest BCUT2D eigenvalue weighted by Gasteiger charge is 2.15. The van der Waals surface area contributed by atoms with E-state index in [1.54, 1.807) is 0 Å². The maximum absolute atomic E-state index is 5.81. The first-order valence-electron chi connectivity index (χ1n) is 6.50. The van der Waals surface area contributed by atoms with E-state index in [1.807, 2.05) is 0 Å². The molecule has 0 radical (unpaired) electrons. The monoisotopic (exact) mass is 229 g/mol. The van der Waals surface area contributed by atoms with Crippen LogP contribution in [0.5, 0.6) is 0 Å². The number of aromatic nitrogens is 1. The van der Waals surface area contributed by atoms with Crippen LogP contribution in [-0.4, -0.2) is 17.3 Å². The molecule has 0 N–H and O–H groups in total. The first kappa shape index (κ1) is 10.8. The first-order valence-corrected chi connectivity index (χ1v) is 6.50. The zero-order chi connectivity index (χ0) is 11.7. The quantitative estimate of drug-likeness (QED) is 0.768. The van der Waals surface area contributed by atoms with Crippen LogP contribution in [0.1, 0.15) is 24.8 Å². The van der Waals surface area contributed by atoms with Crippen molar-refractivity contribution in [1.29, 1.82) is 0 Å². The third kappa shape index (κ3) is 2.09. The van der Waals surface area contributed by atoms with E-state index < -0.39 is 0 Å². The van der Waals surface area contributed by atoms with Crippen LogP contribution in [0.25, 0.3) is 10.9 Å². The zero-order valence-electron chi connectivity index (χ0n) is 10.4. The molecular weight excluding hydrogens is 210 g/mol. The van der Waals surface area contributed by atoms with E-state index in [0.717, 1.165) is 13.2 Å². The van der Waals surface area contributed by atoms with E-state index in [2.05, 4.69) is 42.0 Å². The van der Waals surface area contributed by atoms with Gasteiger partial charge in [-0.3, -0.25) is 0 Å². The van der Waals surface area contributed by atoms with E-state index in [9.17, 15) is 0 Å². The topological polar surface area (TPSA) is 14.2 Å². The van der Waals surface area contributed by atoms with Crippen molar-refractivity contribution in [2.45, 2.75) is 38.8 Å². The summed E-state index contributed by atoms with van der Waals surface area (Å²) < 4.78 is 8.14. The minimum atomic E-state index is 0.403. The van der Waals surface area contributed by atoms with Gasteiger partial charge in [0.1, 0.15) is 0 Å². The van der Waals surface area contributed by atoms with Crippen LogP contribution < -0.4 is 0 Å². The predicted molar refractivity (Wildman–Crippen MR) is 70.3 cm³/mol. The minimum absolute atomic E-state index is 0.403. The zero-order valence-corrected chi connectivity index (χ0v) is 10.4. The van der Waals surface area contributed by atoms with Crippen molar-refractivity contribution in [3.63, 3.8) is 0 Å². The van der Waals surface area contributed by atoms with Gasteiger partial charge in [-0.05, 0) is 43.9 Å². The van der Waals surface area contributed by atoms with E-state index in [0.29, 0.717) is 6.10 Å². The van der Waals surface area contributed by atoms with Crippen molar-refractivity contribution in [3.8, 4) is 0 Å². The van der Waals surface area contributed by atoms with Crippen molar-refractivity contribution in [2.75, 3.05) is 6.61 Å². The fourth-order valence-corrected chi connectivity index (χ4v) is 2.71. The van der Waals surface area contributed by atoms with Gasteiger partial charge in [0, 0.05) is 30.3 Å². The molecule has 1 saturated heterocycles. The van der Waals surface area contributed by atoms with Crippen LogP contribution in [0.15, 0.2) is 30.5 Å². The molecule has 1 aliphatic rings. The fraction of sp³-hybridized carbons (Fsp3) is 0.467. The van der Waals surface area contributed by atoms with Gasteiger partial charge in [0.2, 0.25) is 0 Å². The lowest BCUT2D eigenvalue weighted by molar-refractivity contribution is 0.00670. The number of nitrogens with zero attached hydrogens (tertiary/aromatic N) is 1. The molecule has 0 amide bonds. The van der Waals surface area contributed by atoms with Gasteiger partial charge in [-0.2, -0.15) is 0 Å². The Labute approximate surface area is 102 Å². The molecule has 2 heteroatoms. The number of hydrogen-bond donors (Lipinski definition) is 0. The second-order valence-electron chi connectivity index (χ2n) is 4.96. The first-order chi connectivity index (χ1) is 8.34. The molecular formula is C15H19NO. The molecule has 0 bridgehead atoms. The molecule has 90 valence electrons. The number of benzene rings is 1. The molecule has 2 aromatic rings. The Balaban J connectivity index is 1.87. The molecule has 2 nitrogen and oxygen atoms in total. The predicted octanol–water partition coefficient (Wildman–Crippen LogP) is 3.52. The minimum Gasteiger partial charge on any atom is -0.376 e. The molecule has 0 aliphatic carbocycles. The number of hydrogen-bond acceptors (Lipinski definition) is 1. The van der Waals surface area contributed by atoms with E-state index in [4.69, 9.17) is 4.74 Å². The van der Waals surface area contributed by atoms with E-state index in [1.165, 1.54) is 35.7 Å². The smallest absolute Gasteiger partial charge is 0.0754 e. The number of ether oxygens (including phenoxy) is 1. The Morgan fingerprint density at radius 1 is 1.29 bits per heavy atom. The highest BCUT2D eigenvalue weighted by Crippen LogP contribution is 2.22. The summed E-state index contributed by atoms with van der Waals surface area (Å²) in [4.78, 5) is 0. The summed E-state index contributed by atoms with van der Waals surface area (Å²) in [6.45, 7) is 4.10. The molecule has 0 spiro atoms. The van der Waals surface area contributed by atoms with Crippen LogP contribution in [-0.2, 0) is 11.3 Å². The highest BCUT2D eigenvalue weighted by molar-refractivity contribution is 5.83. The Morgan fingerprint density at radius 2 is 2.24 bits per heavy atom. The SMILES string of the molecule is Cc1cccc2c1ccn2CC1CCCCO1. The summed E-state index contributed by atoms with van der Waals surface area (Å²) in [6.07, 6.45) is 6.33. The summed E-state index contributed by atoms with van der Waals surface area (Å²) in [6, 6.07) is 8.72. The van der Waals surface area contributed by atoms with Crippen molar-refractivity contribution < 1.29 is 4.74 Å². The van der Waals surface area contributed by atoms with Crippen LogP contribution in [0.2, 0.25) is 0 Å². The van der Waals surface area contributed by atoms with Crippen molar-refractivity contribution in [1.82, 2.24) is 4.57 Å². The van der Waals surface area contributed by atoms with Gasteiger partial charge in [-0.25, -0.2) is 0 Å². The maximum Gasteiger partial charge on any atom is 0.0754 e. The van der Waals surface area contributed by atoms with Gasteiger partial charge in [-0.15, -0.1) is 0 Å². The molecule has 1 unspecified atom stereocenters. The van der Waals surface area contributed by atoms with Gasteiger partial charge in [0.05, 0.1) is 6.10 Å². The average molecular weight is 229 g/mol. The Kier molecular flexibility index (Phi) is 2.89. The molecule has 3 rings (SSSR count). The third-order valence-corrected chi connectivity index (χ3v) is 3.71. The summed E-state index contributed by atoms with van der Waals surface area (Å²) in [5.74, 6) is 0. The molecule has 1 fully saturated rings. The largest absolute Gasteiger partial charge is 0.376 e. The lowest BCUT2D eigenvalue weighted by atomic mass is 10.1. The Bertz CT molecular complexity index is 509. The number of rotatable bonds is 2. The van der Waals surface area contributed by atoms with Crippen LogP contribution in [0, 0.1) is 6.92 Å². The molecule has 1 aromatic carbocycles. The standard InChI is InChI=1S/C15H19NO/c1-12-5-4-7-15-14(12)8-9-16(15)11-13-6-2-3-10-17-13/h4-5,7-9,13H,2-3,6,10-11H2,1H3. The van der Waals surface area contributed by atoms with Gasteiger partial charge in [-0.1, -0.05) is 12.1 Å². The molecule has 1 aliphatic heterocycles. The van der Waals surface area contributed by atoms with E-state index >= 15 is 0 Å². The van der Waals surface area contributed by atoms with Gasteiger partial charge >= 0.3 is 0 Å². The third-order valence-electron chi connectivity index (χ3n) is 3.71. The number of fused-ring (bicyclic) bond motifs is 1.